The Hall–Kier alpha value is -1.66. The lowest BCUT2D eigenvalue weighted by Crippen LogP contribution is -2.35. The lowest BCUT2D eigenvalue weighted by Gasteiger charge is -2.23. The number of hydrogen-bond acceptors (Lipinski definition) is 4. The zero-order chi connectivity index (χ0) is 15.6. The van der Waals surface area contributed by atoms with Gasteiger partial charge in [0.2, 0.25) is 0 Å². The molecule has 6 heteroatoms. The smallest absolute Gasteiger partial charge is 0.264 e. The second-order valence-corrected chi connectivity index (χ2v) is 7.46. The van der Waals surface area contributed by atoms with Crippen molar-refractivity contribution in [1.29, 1.82) is 0 Å². The van der Waals surface area contributed by atoms with Crippen molar-refractivity contribution in [1.82, 2.24) is 14.7 Å². The van der Waals surface area contributed by atoms with Crippen molar-refractivity contribution in [2.45, 2.75) is 25.9 Å². The fraction of sp³-hybridized carbons (Fsp3) is 0.529. The van der Waals surface area contributed by atoms with Gasteiger partial charge in [0, 0.05) is 31.8 Å². The Balaban J connectivity index is 1.48. The molecule has 122 valence electrons. The minimum atomic E-state index is 0.113. The van der Waals surface area contributed by atoms with Gasteiger partial charge in [-0.15, -0.1) is 11.3 Å². The lowest BCUT2D eigenvalue weighted by molar-refractivity contribution is 0.0571. The minimum absolute atomic E-state index is 0.113. The first-order valence-corrected chi connectivity index (χ1v) is 9.09. The molecule has 1 aliphatic heterocycles. The van der Waals surface area contributed by atoms with Crippen LogP contribution in [-0.4, -0.2) is 40.3 Å². The highest BCUT2D eigenvalue weighted by Crippen LogP contribution is 2.29. The molecule has 0 aromatic carbocycles. The molecule has 0 radical (unpaired) electrons. The topological polar surface area (TPSA) is 47.4 Å². The summed E-state index contributed by atoms with van der Waals surface area (Å²) >= 11 is 1.50. The Labute approximate surface area is 139 Å². The molecule has 0 N–H and O–H groups in total. The molecule has 0 unspecified atom stereocenters. The summed E-state index contributed by atoms with van der Waals surface area (Å²) in [6.07, 6.45) is 4.42. The monoisotopic (exact) mass is 331 g/mol. The van der Waals surface area contributed by atoms with Gasteiger partial charge in [0.1, 0.15) is 0 Å². The summed E-state index contributed by atoms with van der Waals surface area (Å²) in [5, 5.41) is 6.35. The number of fused-ring (bicyclic) bond motifs is 1. The molecule has 1 amide bonds. The van der Waals surface area contributed by atoms with Crippen LogP contribution in [0.4, 0.5) is 0 Å². The molecule has 2 aromatic heterocycles. The summed E-state index contributed by atoms with van der Waals surface area (Å²) in [5.41, 5.74) is 1.10. The molecule has 2 aromatic rings. The van der Waals surface area contributed by atoms with Gasteiger partial charge in [-0.2, -0.15) is 5.10 Å². The van der Waals surface area contributed by atoms with Crippen LogP contribution in [0.25, 0.3) is 0 Å². The summed E-state index contributed by atoms with van der Waals surface area (Å²) in [5.74, 6) is 1.17. The van der Waals surface area contributed by atoms with Crippen molar-refractivity contribution in [2.24, 2.45) is 11.8 Å². The van der Waals surface area contributed by atoms with Gasteiger partial charge < -0.3 is 9.64 Å². The standard InChI is InChI=1S/C17H21N3O2S/c21-17(16-2-1-7-23-16)19-8-14(12-22-11-13-3-4-13)9-20-15(10-19)5-6-18-20/h1-2,5-7,13-14H,3-4,8-12H2/t14-/m0/s1. The number of ether oxygens (including phenoxy) is 1. The number of rotatable bonds is 5. The maximum Gasteiger partial charge on any atom is 0.264 e. The van der Waals surface area contributed by atoms with E-state index in [-0.39, 0.29) is 5.91 Å². The van der Waals surface area contributed by atoms with Crippen molar-refractivity contribution < 1.29 is 9.53 Å². The van der Waals surface area contributed by atoms with Gasteiger partial charge in [0.15, 0.2) is 0 Å². The van der Waals surface area contributed by atoms with E-state index >= 15 is 0 Å². The van der Waals surface area contributed by atoms with E-state index in [0.29, 0.717) is 19.1 Å². The first-order valence-electron chi connectivity index (χ1n) is 8.21. The second-order valence-electron chi connectivity index (χ2n) is 6.51. The van der Waals surface area contributed by atoms with E-state index in [4.69, 9.17) is 4.74 Å². The fourth-order valence-electron chi connectivity index (χ4n) is 3.03. The first-order chi connectivity index (χ1) is 11.3. The van der Waals surface area contributed by atoms with Crippen molar-refractivity contribution in [3.05, 3.63) is 40.3 Å². The van der Waals surface area contributed by atoms with Crippen LogP contribution in [0.15, 0.2) is 29.8 Å². The predicted octanol–water partition coefficient (Wildman–Crippen LogP) is 2.64. The molecule has 5 nitrogen and oxygen atoms in total. The van der Waals surface area contributed by atoms with E-state index < -0.39 is 0 Å². The number of hydrogen-bond donors (Lipinski definition) is 0. The van der Waals surface area contributed by atoms with Gasteiger partial charge in [-0.1, -0.05) is 6.07 Å². The van der Waals surface area contributed by atoms with Crippen molar-refractivity contribution in [3.8, 4) is 0 Å². The summed E-state index contributed by atoms with van der Waals surface area (Å²) in [7, 11) is 0. The van der Waals surface area contributed by atoms with Crippen molar-refractivity contribution >= 4 is 17.2 Å². The van der Waals surface area contributed by atoms with E-state index in [1.54, 1.807) is 0 Å². The van der Waals surface area contributed by atoms with Crippen molar-refractivity contribution in [2.75, 3.05) is 19.8 Å². The van der Waals surface area contributed by atoms with Crippen LogP contribution >= 0.6 is 11.3 Å². The summed E-state index contributed by atoms with van der Waals surface area (Å²) in [6.45, 7) is 3.73. The second kappa shape index (κ2) is 6.45. The third-order valence-corrected chi connectivity index (χ3v) is 5.35. The Bertz CT molecular complexity index is 663. The Morgan fingerprint density at radius 3 is 2.91 bits per heavy atom. The first kappa shape index (κ1) is 14.9. The van der Waals surface area contributed by atoms with Crippen LogP contribution in [-0.2, 0) is 17.8 Å². The maximum atomic E-state index is 12.7. The van der Waals surface area contributed by atoms with E-state index in [1.807, 2.05) is 39.4 Å². The van der Waals surface area contributed by atoms with Gasteiger partial charge in [-0.3, -0.25) is 9.48 Å². The molecule has 0 bridgehead atoms. The van der Waals surface area contributed by atoms with Crippen LogP contribution in [0.2, 0.25) is 0 Å². The molecule has 1 fully saturated rings. The highest BCUT2D eigenvalue weighted by molar-refractivity contribution is 7.12. The van der Waals surface area contributed by atoms with Crippen LogP contribution in [0, 0.1) is 11.8 Å². The molecule has 3 heterocycles. The third kappa shape index (κ3) is 3.48. The molecule has 23 heavy (non-hydrogen) atoms. The summed E-state index contributed by atoms with van der Waals surface area (Å²) in [4.78, 5) is 15.5. The Morgan fingerprint density at radius 2 is 2.13 bits per heavy atom. The molecular weight excluding hydrogens is 310 g/mol. The number of amides is 1. The number of thiophene rings is 1. The molecule has 4 rings (SSSR count). The molecule has 1 atom stereocenters. The van der Waals surface area contributed by atoms with Crippen molar-refractivity contribution in [3.63, 3.8) is 0 Å². The lowest BCUT2D eigenvalue weighted by atomic mass is 10.1. The number of aromatic nitrogens is 2. The van der Waals surface area contributed by atoms with Crippen LogP contribution in [0.5, 0.6) is 0 Å². The van der Waals surface area contributed by atoms with E-state index in [2.05, 4.69) is 5.10 Å². The fourth-order valence-corrected chi connectivity index (χ4v) is 3.73. The molecule has 1 saturated carbocycles. The zero-order valence-electron chi connectivity index (χ0n) is 13.1. The van der Waals surface area contributed by atoms with Crippen LogP contribution in [0.3, 0.4) is 0 Å². The molecular formula is C17H21N3O2S. The van der Waals surface area contributed by atoms with Gasteiger partial charge in [-0.05, 0) is 36.3 Å². The third-order valence-electron chi connectivity index (χ3n) is 4.49. The predicted molar refractivity (Wildman–Crippen MR) is 88.3 cm³/mol. The quantitative estimate of drug-likeness (QED) is 0.846. The Morgan fingerprint density at radius 1 is 1.26 bits per heavy atom. The highest BCUT2D eigenvalue weighted by atomic mass is 32.1. The molecule has 2 aliphatic rings. The van der Waals surface area contributed by atoms with Gasteiger partial charge >= 0.3 is 0 Å². The SMILES string of the molecule is O=C(c1cccs1)N1Cc2ccnn2C[C@@H](COCC2CC2)C1. The number of nitrogens with zero attached hydrogens (tertiary/aromatic N) is 3. The van der Waals surface area contributed by atoms with E-state index in [0.717, 1.165) is 36.2 Å². The average molecular weight is 331 g/mol. The van der Waals surface area contributed by atoms with Gasteiger partial charge in [-0.25, -0.2) is 0 Å². The summed E-state index contributed by atoms with van der Waals surface area (Å²) < 4.78 is 7.91. The largest absolute Gasteiger partial charge is 0.381 e. The molecule has 0 saturated heterocycles. The maximum absolute atomic E-state index is 12.7. The van der Waals surface area contributed by atoms with Crippen LogP contribution in [0.1, 0.15) is 28.2 Å². The van der Waals surface area contributed by atoms with Gasteiger partial charge in [0.25, 0.3) is 5.91 Å². The number of carbonyl (C=O) groups excluding carboxylic acids is 1. The van der Waals surface area contributed by atoms with E-state index in [9.17, 15) is 4.79 Å². The minimum Gasteiger partial charge on any atom is -0.381 e. The number of carbonyl (C=O) groups is 1. The Kier molecular flexibility index (Phi) is 4.18. The highest BCUT2D eigenvalue weighted by Gasteiger charge is 2.28. The van der Waals surface area contributed by atoms with E-state index in [1.165, 1.54) is 24.2 Å². The molecule has 1 aliphatic carbocycles. The molecule has 0 spiro atoms. The average Bonchev–Trinajstić information content (AvgIpc) is 3.07. The summed E-state index contributed by atoms with van der Waals surface area (Å²) in [6, 6.07) is 5.83. The van der Waals surface area contributed by atoms with Gasteiger partial charge in [0.05, 0.1) is 23.7 Å². The van der Waals surface area contributed by atoms with Crippen LogP contribution < -0.4 is 0 Å². The zero-order valence-corrected chi connectivity index (χ0v) is 13.9. The normalized spacial score (nSPS) is 21.0.